The molecule has 1 saturated carbocycles. The van der Waals surface area contributed by atoms with E-state index in [4.69, 9.17) is 9.47 Å². The van der Waals surface area contributed by atoms with Gasteiger partial charge in [-0.3, -0.25) is 4.79 Å². The Labute approximate surface area is 153 Å². The number of nitrogens with one attached hydrogen (secondary N) is 1. The van der Waals surface area contributed by atoms with E-state index in [9.17, 15) is 13.2 Å². The lowest BCUT2D eigenvalue weighted by Gasteiger charge is -2.16. The summed E-state index contributed by atoms with van der Waals surface area (Å²) < 4.78 is 36.9. The van der Waals surface area contributed by atoms with E-state index in [1.807, 2.05) is 6.92 Å². The van der Waals surface area contributed by atoms with Gasteiger partial charge >= 0.3 is 0 Å². The molecule has 0 bridgehead atoms. The minimum atomic E-state index is -3.20. The third-order valence-corrected chi connectivity index (χ3v) is 7.55. The Kier molecular flexibility index (Phi) is 4.35. The molecular weight excluding hydrogens is 356 g/mol. The highest BCUT2D eigenvalue weighted by atomic mass is 32.2. The first-order valence-electron chi connectivity index (χ1n) is 9.12. The summed E-state index contributed by atoms with van der Waals surface area (Å²) in [6.07, 6.45) is 3.05. The number of nitrogens with zero attached hydrogens (tertiary/aromatic N) is 1. The van der Waals surface area contributed by atoms with Gasteiger partial charge in [-0.05, 0) is 36.8 Å². The first-order valence-corrected chi connectivity index (χ1v) is 10.7. The Balaban J connectivity index is 1.37. The third-order valence-electron chi connectivity index (χ3n) is 5.65. The highest BCUT2D eigenvalue weighted by Crippen LogP contribution is 2.59. The molecule has 0 aromatic heterocycles. The molecule has 142 valence electrons. The van der Waals surface area contributed by atoms with Crippen LogP contribution < -0.4 is 14.8 Å². The van der Waals surface area contributed by atoms with E-state index in [0.29, 0.717) is 36.7 Å². The maximum Gasteiger partial charge on any atom is 0.231 e. The van der Waals surface area contributed by atoms with E-state index in [-0.39, 0.29) is 29.8 Å². The van der Waals surface area contributed by atoms with Gasteiger partial charge in [0.15, 0.2) is 11.5 Å². The van der Waals surface area contributed by atoms with E-state index < -0.39 is 10.0 Å². The Morgan fingerprint density at radius 1 is 1.35 bits per heavy atom. The van der Waals surface area contributed by atoms with Crippen LogP contribution in [0.2, 0.25) is 0 Å². The number of sulfonamides is 1. The van der Waals surface area contributed by atoms with Crippen molar-refractivity contribution in [2.75, 3.05) is 31.0 Å². The van der Waals surface area contributed by atoms with Crippen LogP contribution in [0, 0.1) is 11.3 Å². The number of carbonyl (C=O) groups excluding carboxylic acids is 1. The standard InChI is InChI=1S/C18H24N2O5S/c1-2-3-8-26(22,23)20-7-6-18(11-20)10-14(18)17(21)19-13-4-5-15-16(9-13)25-12-24-15/h4-5,9,14H,2-3,6-8,10-12H2,1H3,(H,19,21)/t14-,18-/m1/s1. The van der Waals surface area contributed by atoms with Gasteiger partial charge in [-0.1, -0.05) is 13.3 Å². The Bertz CT molecular complexity index is 825. The molecule has 1 amide bonds. The van der Waals surface area contributed by atoms with Crippen LogP contribution in [0.5, 0.6) is 11.5 Å². The molecule has 2 aliphatic heterocycles. The van der Waals surface area contributed by atoms with E-state index in [1.54, 1.807) is 22.5 Å². The predicted octanol–water partition coefficient (Wildman–Crippen LogP) is 2.20. The van der Waals surface area contributed by atoms with Crippen LogP contribution in [0.25, 0.3) is 0 Å². The number of rotatable bonds is 6. The number of hydrogen-bond acceptors (Lipinski definition) is 5. The predicted molar refractivity (Wildman–Crippen MR) is 96.6 cm³/mol. The second kappa shape index (κ2) is 6.42. The second-order valence-corrected chi connectivity index (χ2v) is 9.52. The maximum absolute atomic E-state index is 12.6. The lowest BCUT2D eigenvalue weighted by Crippen LogP contribution is -2.32. The maximum atomic E-state index is 12.6. The highest BCUT2D eigenvalue weighted by molar-refractivity contribution is 7.89. The summed E-state index contributed by atoms with van der Waals surface area (Å²) in [4.78, 5) is 12.6. The second-order valence-electron chi connectivity index (χ2n) is 7.43. The van der Waals surface area contributed by atoms with Gasteiger partial charge in [-0.2, -0.15) is 0 Å². The van der Waals surface area contributed by atoms with Crippen molar-refractivity contribution in [1.29, 1.82) is 0 Å². The largest absolute Gasteiger partial charge is 0.454 e. The number of benzene rings is 1. The molecule has 2 heterocycles. The van der Waals surface area contributed by atoms with Crippen molar-refractivity contribution in [3.05, 3.63) is 18.2 Å². The molecule has 1 aromatic carbocycles. The number of hydrogen-bond donors (Lipinski definition) is 1. The quantitative estimate of drug-likeness (QED) is 0.818. The van der Waals surface area contributed by atoms with Gasteiger partial charge in [0.05, 0.1) is 5.75 Å². The molecule has 0 unspecified atom stereocenters. The number of anilines is 1. The number of amides is 1. The molecule has 26 heavy (non-hydrogen) atoms. The molecule has 7 nitrogen and oxygen atoms in total. The summed E-state index contributed by atoms with van der Waals surface area (Å²) in [5, 5.41) is 2.93. The molecule has 1 spiro atoms. The topological polar surface area (TPSA) is 84.9 Å². The zero-order chi connectivity index (χ0) is 18.4. The zero-order valence-corrected chi connectivity index (χ0v) is 15.7. The molecule has 1 aromatic rings. The van der Waals surface area contributed by atoms with Crippen LogP contribution in [-0.2, 0) is 14.8 Å². The van der Waals surface area contributed by atoms with E-state index in [1.165, 1.54) is 0 Å². The van der Waals surface area contributed by atoms with Gasteiger partial charge in [0, 0.05) is 30.8 Å². The van der Waals surface area contributed by atoms with Crippen LogP contribution in [0.15, 0.2) is 18.2 Å². The molecule has 2 atom stereocenters. The lowest BCUT2D eigenvalue weighted by molar-refractivity contribution is -0.118. The van der Waals surface area contributed by atoms with Crippen molar-refractivity contribution in [1.82, 2.24) is 4.31 Å². The molecule has 3 aliphatic rings. The average Bonchev–Trinajstić information content (AvgIpc) is 2.95. The highest BCUT2D eigenvalue weighted by Gasteiger charge is 2.62. The molecular formula is C18H24N2O5S. The molecule has 1 aliphatic carbocycles. The summed E-state index contributed by atoms with van der Waals surface area (Å²) >= 11 is 0. The van der Waals surface area contributed by atoms with Crippen LogP contribution in [-0.4, -0.2) is 44.3 Å². The Morgan fingerprint density at radius 2 is 2.15 bits per heavy atom. The van der Waals surface area contributed by atoms with Gasteiger partial charge in [0.2, 0.25) is 22.7 Å². The SMILES string of the molecule is CCCCS(=O)(=O)N1CC[C@@]2(C[C@@H]2C(=O)Nc2ccc3c(c2)OCO3)C1. The number of ether oxygens (including phenoxy) is 2. The monoisotopic (exact) mass is 380 g/mol. The zero-order valence-electron chi connectivity index (χ0n) is 14.9. The van der Waals surface area contributed by atoms with Gasteiger partial charge < -0.3 is 14.8 Å². The average molecular weight is 380 g/mol. The van der Waals surface area contributed by atoms with Crippen LogP contribution in [0.1, 0.15) is 32.6 Å². The number of fused-ring (bicyclic) bond motifs is 1. The smallest absolute Gasteiger partial charge is 0.231 e. The van der Waals surface area contributed by atoms with Gasteiger partial charge in [-0.25, -0.2) is 12.7 Å². The fraction of sp³-hybridized carbons (Fsp3) is 0.611. The molecule has 4 rings (SSSR count). The van der Waals surface area contributed by atoms with Crippen molar-refractivity contribution in [2.24, 2.45) is 11.3 Å². The fourth-order valence-corrected chi connectivity index (χ4v) is 5.66. The van der Waals surface area contributed by atoms with Crippen LogP contribution in [0.4, 0.5) is 5.69 Å². The van der Waals surface area contributed by atoms with Crippen molar-refractivity contribution in [3.63, 3.8) is 0 Å². The minimum absolute atomic E-state index is 0.0447. The van der Waals surface area contributed by atoms with E-state index in [0.717, 1.165) is 19.3 Å². The van der Waals surface area contributed by atoms with Crippen LogP contribution in [0.3, 0.4) is 0 Å². The molecule has 2 fully saturated rings. The summed E-state index contributed by atoms with van der Waals surface area (Å²) in [6.45, 7) is 3.18. The Morgan fingerprint density at radius 3 is 2.96 bits per heavy atom. The van der Waals surface area contributed by atoms with Crippen molar-refractivity contribution >= 4 is 21.6 Å². The Hall–Kier alpha value is -1.80. The van der Waals surface area contributed by atoms with Crippen molar-refractivity contribution < 1.29 is 22.7 Å². The van der Waals surface area contributed by atoms with Gasteiger partial charge in [0.25, 0.3) is 0 Å². The number of unbranched alkanes of at least 4 members (excludes halogenated alkanes) is 1. The number of carbonyl (C=O) groups is 1. The van der Waals surface area contributed by atoms with Crippen LogP contribution >= 0.6 is 0 Å². The van der Waals surface area contributed by atoms with Gasteiger partial charge in [0.1, 0.15) is 0 Å². The first-order chi connectivity index (χ1) is 12.4. The molecule has 1 N–H and O–H groups in total. The lowest BCUT2D eigenvalue weighted by atomic mass is 10.0. The molecule has 0 radical (unpaired) electrons. The van der Waals surface area contributed by atoms with E-state index in [2.05, 4.69) is 5.32 Å². The van der Waals surface area contributed by atoms with E-state index >= 15 is 0 Å². The summed E-state index contributed by atoms with van der Waals surface area (Å²) in [5.41, 5.74) is 0.492. The fourth-order valence-electron chi connectivity index (χ4n) is 3.92. The summed E-state index contributed by atoms with van der Waals surface area (Å²) in [7, 11) is -3.20. The first kappa shape index (κ1) is 17.6. The third kappa shape index (κ3) is 3.16. The minimum Gasteiger partial charge on any atom is -0.454 e. The van der Waals surface area contributed by atoms with Gasteiger partial charge in [-0.15, -0.1) is 0 Å². The van der Waals surface area contributed by atoms with Crippen molar-refractivity contribution in [3.8, 4) is 11.5 Å². The van der Waals surface area contributed by atoms with Crippen molar-refractivity contribution in [2.45, 2.75) is 32.6 Å². The summed E-state index contributed by atoms with van der Waals surface area (Å²) in [5.74, 6) is 1.33. The molecule has 1 saturated heterocycles. The molecule has 8 heteroatoms. The summed E-state index contributed by atoms with van der Waals surface area (Å²) in [6, 6.07) is 5.32. The normalized spacial score (nSPS) is 27.0.